The van der Waals surface area contributed by atoms with Gasteiger partial charge in [-0.25, -0.2) is 0 Å². The zero-order valence-electron chi connectivity index (χ0n) is 7.46. The second-order valence-electron chi connectivity index (χ2n) is 3.81. The Morgan fingerprint density at radius 3 is 2.55 bits per heavy atom. The van der Waals surface area contributed by atoms with Crippen molar-refractivity contribution in [1.82, 2.24) is 0 Å². The summed E-state index contributed by atoms with van der Waals surface area (Å²) in [5.74, 6) is 1.98. The fraction of sp³-hybridized carbons (Fsp3) is 0.700. The number of nitriles is 1. The minimum atomic E-state index is 0.629. The van der Waals surface area contributed by atoms with Crippen LogP contribution < -0.4 is 0 Å². The third-order valence-corrected chi connectivity index (χ3v) is 2.51. The lowest BCUT2D eigenvalue weighted by Crippen LogP contribution is -2.10. The number of hydrogen-bond donors (Lipinski definition) is 0. The summed E-state index contributed by atoms with van der Waals surface area (Å²) < 4.78 is 0. The molecule has 1 aliphatic rings. The molecule has 1 nitrogen and oxygen atoms in total. The maximum atomic E-state index is 8.67. The van der Waals surface area contributed by atoms with Gasteiger partial charge in [-0.1, -0.05) is 26.8 Å². The molecular formula is C10H15N. The minimum absolute atomic E-state index is 0.629. The summed E-state index contributed by atoms with van der Waals surface area (Å²) in [5.41, 5.74) is 0.983. The summed E-state index contributed by atoms with van der Waals surface area (Å²) in [4.78, 5) is 0. The van der Waals surface area contributed by atoms with Gasteiger partial charge in [-0.2, -0.15) is 5.26 Å². The molecule has 0 saturated heterocycles. The number of hydrogen-bond acceptors (Lipinski definition) is 1. The maximum Gasteiger partial charge on any atom is 0.0943 e. The average molecular weight is 149 g/mol. The SMILES string of the molecule is CC(C)C1C=C(C#N)CC1C. The Kier molecular flexibility index (Phi) is 2.34. The molecule has 2 unspecified atom stereocenters. The molecule has 0 bridgehead atoms. The highest BCUT2D eigenvalue weighted by Gasteiger charge is 2.25. The van der Waals surface area contributed by atoms with E-state index in [0.717, 1.165) is 12.0 Å². The average Bonchev–Trinajstić information content (AvgIpc) is 2.30. The van der Waals surface area contributed by atoms with Crippen LogP contribution in [0, 0.1) is 29.1 Å². The van der Waals surface area contributed by atoms with Crippen LogP contribution in [0.1, 0.15) is 27.2 Å². The van der Waals surface area contributed by atoms with Gasteiger partial charge in [-0.15, -0.1) is 0 Å². The molecule has 11 heavy (non-hydrogen) atoms. The van der Waals surface area contributed by atoms with E-state index in [2.05, 4.69) is 32.9 Å². The lowest BCUT2D eigenvalue weighted by molar-refractivity contribution is 0.357. The molecule has 1 heteroatoms. The first-order valence-electron chi connectivity index (χ1n) is 4.26. The van der Waals surface area contributed by atoms with Crippen molar-refractivity contribution < 1.29 is 0 Å². The third kappa shape index (κ3) is 1.63. The molecule has 2 atom stereocenters. The molecule has 1 rings (SSSR count). The summed E-state index contributed by atoms with van der Waals surface area (Å²) in [6.45, 7) is 6.67. The van der Waals surface area contributed by atoms with Gasteiger partial charge in [0.25, 0.3) is 0 Å². The Morgan fingerprint density at radius 2 is 2.27 bits per heavy atom. The van der Waals surface area contributed by atoms with Crippen LogP contribution in [0.15, 0.2) is 11.6 Å². The molecule has 0 aromatic rings. The Balaban J connectivity index is 2.70. The largest absolute Gasteiger partial charge is 0.193 e. The van der Waals surface area contributed by atoms with Crippen LogP contribution in [0.5, 0.6) is 0 Å². The maximum absolute atomic E-state index is 8.67. The summed E-state index contributed by atoms with van der Waals surface area (Å²) >= 11 is 0. The van der Waals surface area contributed by atoms with E-state index in [9.17, 15) is 0 Å². The van der Waals surface area contributed by atoms with Crippen molar-refractivity contribution >= 4 is 0 Å². The fourth-order valence-electron chi connectivity index (χ4n) is 1.88. The summed E-state index contributed by atoms with van der Waals surface area (Å²) in [6.07, 6.45) is 3.13. The number of rotatable bonds is 1. The molecule has 0 N–H and O–H groups in total. The molecule has 0 amide bonds. The van der Waals surface area contributed by atoms with E-state index in [1.807, 2.05) is 0 Å². The predicted octanol–water partition coefficient (Wildman–Crippen LogP) is 2.75. The summed E-state index contributed by atoms with van der Waals surface area (Å²) in [6, 6.07) is 2.24. The monoisotopic (exact) mass is 149 g/mol. The molecule has 0 fully saturated rings. The minimum Gasteiger partial charge on any atom is -0.193 e. The van der Waals surface area contributed by atoms with E-state index in [1.54, 1.807) is 0 Å². The van der Waals surface area contributed by atoms with E-state index in [4.69, 9.17) is 5.26 Å². The second kappa shape index (κ2) is 3.09. The highest BCUT2D eigenvalue weighted by Crippen LogP contribution is 2.34. The Bertz CT molecular complexity index is 207. The van der Waals surface area contributed by atoms with Crippen molar-refractivity contribution in [3.05, 3.63) is 11.6 Å². The van der Waals surface area contributed by atoms with Crippen molar-refractivity contribution in [2.45, 2.75) is 27.2 Å². The van der Waals surface area contributed by atoms with Gasteiger partial charge in [0.1, 0.15) is 0 Å². The number of allylic oxidation sites excluding steroid dienone is 2. The fourth-order valence-corrected chi connectivity index (χ4v) is 1.88. The Morgan fingerprint density at radius 1 is 1.64 bits per heavy atom. The van der Waals surface area contributed by atoms with E-state index < -0.39 is 0 Å². The van der Waals surface area contributed by atoms with Gasteiger partial charge in [0.15, 0.2) is 0 Å². The molecule has 0 aromatic heterocycles. The predicted molar refractivity (Wildman–Crippen MR) is 45.8 cm³/mol. The van der Waals surface area contributed by atoms with Gasteiger partial charge >= 0.3 is 0 Å². The van der Waals surface area contributed by atoms with Crippen LogP contribution in [-0.4, -0.2) is 0 Å². The van der Waals surface area contributed by atoms with Gasteiger partial charge < -0.3 is 0 Å². The summed E-state index contributed by atoms with van der Waals surface area (Å²) in [5, 5.41) is 8.67. The first-order valence-corrected chi connectivity index (χ1v) is 4.26. The van der Waals surface area contributed by atoms with Crippen LogP contribution in [0.4, 0.5) is 0 Å². The normalized spacial score (nSPS) is 30.3. The standard InChI is InChI=1S/C10H15N/c1-7(2)10-5-9(6-11)4-8(10)3/h5,7-8,10H,4H2,1-3H3. The molecule has 0 aliphatic heterocycles. The molecule has 0 radical (unpaired) electrons. The first-order chi connectivity index (χ1) is 5.15. The van der Waals surface area contributed by atoms with Crippen LogP contribution >= 0.6 is 0 Å². The van der Waals surface area contributed by atoms with Crippen LogP contribution in [0.25, 0.3) is 0 Å². The van der Waals surface area contributed by atoms with Crippen molar-refractivity contribution in [2.24, 2.45) is 17.8 Å². The van der Waals surface area contributed by atoms with Gasteiger partial charge in [0.2, 0.25) is 0 Å². The Hall–Kier alpha value is -0.770. The first kappa shape index (κ1) is 8.33. The molecule has 0 heterocycles. The van der Waals surface area contributed by atoms with Crippen LogP contribution in [0.3, 0.4) is 0 Å². The highest BCUT2D eigenvalue weighted by atomic mass is 14.3. The lowest BCUT2D eigenvalue weighted by atomic mass is 9.88. The molecule has 60 valence electrons. The lowest BCUT2D eigenvalue weighted by Gasteiger charge is -2.17. The molecule has 0 saturated carbocycles. The van der Waals surface area contributed by atoms with Crippen molar-refractivity contribution in [2.75, 3.05) is 0 Å². The quantitative estimate of drug-likeness (QED) is 0.562. The van der Waals surface area contributed by atoms with Crippen molar-refractivity contribution in [3.63, 3.8) is 0 Å². The van der Waals surface area contributed by atoms with Crippen molar-refractivity contribution in [3.8, 4) is 6.07 Å². The zero-order valence-corrected chi connectivity index (χ0v) is 7.46. The third-order valence-electron chi connectivity index (χ3n) is 2.51. The molecule has 0 spiro atoms. The molecular weight excluding hydrogens is 134 g/mol. The smallest absolute Gasteiger partial charge is 0.0943 e. The van der Waals surface area contributed by atoms with Crippen molar-refractivity contribution in [1.29, 1.82) is 5.26 Å². The number of nitrogens with zero attached hydrogens (tertiary/aromatic N) is 1. The zero-order chi connectivity index (χ0) is 8.43. The van der Waals surface area contributed by atoms with Crippen LogP contribution in [-0.2, 0) is 0 Å². The van der Waals surface area contributed by atoms with E-state index in [0.29, 0.717) is 17.8 Å². The second-order valence-corrected chi connectivity index (χ2v) is 3.81. The molecule has 0 aromatic carbocycles. The van der Waals surface area contributed by atoms with E-state index in [-0.39, 0.29) is 0 Å². The van der Waals surface area contributed by atoms with Gasteiger partial charge in [-0.05, 0) is 24.2 Å². The van der Waals surface area contributed by atoms with Crippen LogP contribution in [0.2, 0.25) is 0 Å². The molecule has 1 aliphatic carbocycles. The van der Waals surface area contributed by atoms with E-state index >= 15 is 0 Å². The topological polar surface area (TPSA) is 23.8 Å². The highest BCUT2D eigenvalue weighted by molar-refractivity contribution is 5.27. The summed E-state index contributed by atoms with van der Waals surface area (Å²) in [7, 11) is 0. The van der Waals surface area contributed by atoms with Gasteiger partial charge in [0, 0.05) is 5.57 Å². The van der Waals surface area contributed by atoms with Gasteiger partial charge in [-0.3, -0.25) is 0 Å². The van der Waals surface area contributed by atoms with Gasteiger partial charge in [0.05, 0.1) is 6.07 Å². The Labute approximate surface area is 68.7 Å². The van der Waals surface area contributed by atoms with E-state index in [1.165, 1.54) is 0 Å².